The Labute approximate surface area is 159 Å². The number of nitrogens with one attached hydrogen (secondary N) is 2. The summed E-state index contributed by atoms with van der Waals surface area (Å²) in [5, 5.41) is 10.7. The Morgan fingerprint density at radius 1 is 1.00 bits per heavy atom. The quantitative estimate of drug-likeness (QED) is 0.508. The minimum atomic E-state index is -0.297. The molecule has 0 aliphatic rings. The number of amides is 1. The lowest BCUT2D eigenvalue weighted by molar-refractivity contribution is 0.0946. The van der Waals surface area contributed by atoms with Crippen molar-refractivity contribution in [2.45, 2.75) is 6.54 Å². The highest BCUT2D eigenvalue weighted by molar-refractivity contribution is 7.14. The van der Waals surface area contributed by atoms with Crippen molar-refractivity contribution in [3.63, 3.8) is 0 Å². The standard InChI is InChI=1S/C21H16FN3OS/c22-16-10-8-14(9-11-16)12-23-20(26)19-13-27-21(25-19)24-18-7-3-5-15-4-1-2-6-17(15)18/h1-11,13H,12H2,(H,23,26)(H,24,25). The molecule has 0 bridgehead atoms. The predicted molar refractivity (Wildman–Crippen MR) is 107 cm³/mol. The van der Waals surface area contributed by atoms with Crippen molar-refractivity contribution in [1.29, 1.82) is 0 Å². The van der Waals surface area contributed by atoms with Crippen molar-refractivity contribution in [3.8, 4) is 0 Å². The molecule has 3 aromatic carbocycles. The SMILES string of the molecule is O=C(NCc1ccc(F)cc1)c1csc(Nc2cccc3ccccc23)n1. The van der Waals surface area contributed by atoms with Crippen molar-refractivity contribution in [3.05, 3.63) is 89.2 Å². The Morgan fingerprint density at radius 3 is 2.63 bits per heavy atom. The number of benzene rings is 3. The van der Waals surface area contributed by atoms with E-state index in [1.807, 2.05) is 30.3 Å². The van der Waals surface area contributed by atoms with Crippen molar-refractivity contribution >= 4 is 38.8 Å². The molecule has 0 spiro atoms. The highest BCUT2D eigenvalue weighted by Gasteiger charge is 2.11. The van der Waals surface area contributed by atoms with E-state index in [4.69, 9.17) is 0 Å². The fourth-order valence-electron chi connectivity index (χ4n) is 2.76. The van der Waals surface area contributed by atoms with E-state index in [1.165, 1.54) is 23.5 Å². The monoisotopic (exact) mass is 377 g/mol. The van der Waals surface area contributed by atoms with Crippen LogP contribution in [0.4, 0.5) is 15.2 Å². The van der Waals surface area contributed by atoms with Crippen LogP contribution in [0, 0.1) is 5.82 Å². The lowest BCUT2D eigenvalue weighted by atomic mass is 10.1. The summed E-state index contributed by atoms with van der Waals surface area (Å²) in [7, 11) is 0. The zero-order valence-electron chi connectivity index (χ0n) is 14.3. The van der Waals surface area contributed by atoms with Gasteiger partial charge in [-0.05, 0) is 29.1 Å². The second-order valence-electron chi connectivity index (χ2n) is 6.00. The molecule has 0 unspecified atom stereocenters. The van der Waals surface area contributed by atoms with Gasteiger partial charge in [0, 0.05) is 23.0 Å². The second kappa shape index (κ2) is 7.55. The average molecular weight is 377 g/mol. The summed E-state index contributed by atoms with van der Waals surface area (Å²) in [6, 6.07) is 20.1. The number of carbonyl (C=O) groups is 1. The van der Waals surface area contributed by atoms with Crippen LogP contribution in [0.25, 0.3) is 10.8 Å². The van der Waals surface area contributed by atoms with Gasteiger partial charge < -0.3 is 10.6 Å². The van der Waals surface area contributed by atoms with Crippen molar-refractivity contribution < 1.29 is 9.18 Å². The zero-order chi connectivity index (χ0) is 18.6. The number of aromatic nitrogens is 1. The molecule has 1 heterocycles. The maximum absolute atomic E-state index is 12.9. The van der Waals surface area contributed by atoms with Gasteiger partial charge in [0.15, 0.2) is 5.13 Å². The van der Waals surface area contributed by atoms with Gasteiger partial charge in [-0.3, -0.25) is 4.79 Å². The number of halogens is 1. The molecule has 0 fully saturated rings. The molecule has 0 radical (unpaired) electrons. The van der Waals surface area contributed by atoms with Gasteiger partial charge in [-0.2, -0.15) is 0 Å². The Morgan fingerprint density at radius 2 is 1.78 bits per heavy atom. The highest BCUT2D eigenvalue weighted by atomic mass is 32.1. The number of nitrogens with zero attached hydrogens (tertiary/aromatic N) is 1. The molecule has 0 aliphatic carbocycles. The first-order valence-electron chi connectivity index (χ1n) is 8.42. The summed E-state index contributed by atoms with van der Waals surface area (Å²) in [6.45, 7) is 0.322. The molecule has 0 saturated carbocycles. The number of rotatable bonds is 5. The molecule has 1 aromatic heterocycles. The third-order valence-corrected chi connectivity index (χ3v) is 4.89. The largest absolute Gasteiger partial charge is 0.347 e. The number of hydrogen-bond acceptors (Lipinski definition) is 4. The van der Waals surface area contributed by atoms with Gasteiger partial charge in [-0.25, -0.2) is 9.37 Å². The first-order valence-corrected chi connectivity index (χ1v) is 9.30. The summed E-state index contributed by atoms with van der Waals surface area (Å²) < 4.78 is 12.9. The van der Waals surface area contributed by atoms with Gasteiger partial charge in [-0.1, -0.05) is 48.5 Å². The maximum atomic E-state index is 12.9. The highest BCUT2D eigenvalue weighted by Crippen LogP contribution is 2.27. The van der Waals surface area contributed by atoms with Crippen LogP contribution in [-0.4, -0.2) is 10.9 Å². The Balaban J connectivity index is 1.44. The van der Waals surface area contributed by atoms with Crippen LogP contribution < -0.4 is 10.6 Å². The maximum Gasteiger partial charge on any atom is 0.271 e. The van der Waals surface area contributed by atoms with Crippen LogP contribution in [0.1, 0.15) is 16.1 Å². The molecular weight excluding hydrogens is 361 g/mol. The number of thiazole rings is 1. The van der Waals surface area contributed by atoms with E-state index in [-0.39, 0.29) is 11.7 Å². The first kappa shape index (κ1) is 17.2. The molecule has 4 rings (SSSR count). The van der Waals surface area contributed by atoms with Crippen molar-refractivity contribution in [2.24, 2.45) is 0 Å². The van der Waals surface area contributed by atoms with Crippen molar-refractivity contribution in [1.82, 2.24) is 10.3 Å². The molecule has 134 valence electrons. The van der Waals surface area contributed by atoms with E-state index in [1.54, 1.807) is 17.5 Å². The fraction of sp³-hybridized carbons (Fsp3) is 0.0476. The smallest absolute Gasteiger partial charge is 0.271 e. The third kappa shape index (κ3) is 3.96. The Hall–Kier alpha value is -3.25. The second-order valence-corrected chi connectivity index (χ2v) is 6.86. The molecule has 1 amide bonds. The van der Waals surface area contributed by atoms with Crippen LogP contribution in [-0.2, 0) is 6.54 Å². The van der Waals surface area contributed by atoms with Crippen LogP contribution in [0.2, 0.25) is 0 Å². The molecule has 6 heteroatoms. The molecular formula is C21H16FN3OS. The van der Waals surface area contributed by atoms with Gasteiger partial charge >= 0.3 is 0 Å². The summed E-state index contributed by atoms with van der Waals surface area (Å²) in [5.74, 6) is -0.560. The zero-order valence-corrected chi connectivity index (χ0v) is 15.1. The summed E-state index contributed by atoms with van der Waals surface area (Å²) in [4.78, 5) is 16.7. The van der Waals surface area contributed by atoms with E-state index < -0.39 is 0 Å². The van der Waals surface area contributed by atoms with Gasteiger partial charge in [0.1, 0.15) is 11.5 Å². The normalized spacial score (nSPS) is 10.7. The minimum absolute atomic E-state index is 0.262. The lowest BCUT2D eigenvalue weighted by Crippen LogP contribution is -2.23. The summed E-state index contributed by atoms with van der Waals surface area (Å²) in [6.07, 6.45) is 0. The van der Waals surface area contributed by atoms with Gasteiger partial charge in [0.05, 0.1) is 0 Å². The molecule has 4 nitrogen and oxygen atoms in total. The molecule has 2 N–H and O–H groups in total. The lowest BCUT2D eigenvalue weighted by Gasteiger charge is -2.07. The molecule has 0 aliphatic heterocycles. The van der Waals surface area contributed by atoms with Gasteiger partial charge in [0.2, 0.25) is 0 Å². The van der Waals surface area contributed by atoms with E-state index in [9.17, 15) is 9.18 Å². The minimum Gasteiger partial charge on any atom is -0.347 e. The van der Waals surface area contributed by atoms with Crippen molar-refractivity contribution in [2.75, 3.05) is 5.32 Å². The molecule has 0 atom stereocenters. The van der Waals surface area contributed by atoms with Crippen LogP contribution in [0.3, 0.4) is 0 Å². The summed E-state index contributed by atoms with van der Waals surface area (Å²) in [5.41, 5.74) is 2.12. The van der Waals surface area contributed by atoms with Crippen LogP contribution in [0.15, 0.2) is 72.1 Å². The average Bonchev–Trinajstić information content (AvgIpc) is 3.16. The van der Waals surface area contributed by atoms with E-state index in [0.29, 0.717) is 17.4 Å². The van der Waals surface area contributed by atoms with Gasteiger partial charge in [0.25, 0.3) is 5.91 Å². The van der Waals surface area contributed by atoms with E-state index in [2.05, 4.69) is 27.8 Å². The van der Waals surface area contributed by atoms with Crippen LogP contribution in [0.5, 0.6) is 0 Å². The Bertz CT molecular complexity index is 1090. The van der Waals surface area contributed by atoms with E-state index in [0.717, 1.165) is 22.0 Å². The van der Waals surface area contributed by atoms with Gasteiger partial charge in [-0.15, -0.1) is 11.3 Å². The Kier molecular flexibility index (Phi) is 4.80. The number of hydrogen-bond donors (Lipinski definition) is 2. The van der Waals surface area contributed by atoms with Crippen LogP contribution >= 0.6 is 11.3 Å². The van der Waals surface area contributed by atoms with E-state index >= 15 is 0 Å². The molecule has 0 saturated heterocycles. The molecule has 4 aromatic rings. The third-order valence-electron chi connectivity index (χ3n) is 4.13. The fourth-order valence-corrected chi connectivity index (χ4v) is 3.46. The number of anilines is 2. The summed E-state index contributed by atoms with van der Waals surface area (Å²) >= 11 is 1.37. The predicted octanol–water partition coefficient (Wildman–Crippen LogP) is 5.11. The molecule has 27 heavy (non-hydrogen) atoms. The first-order chi connectivity index (χ1) is 13.2. The number of fused-ring (bicyclic) bond motifs is 1. The topological polar surface area (TPSA) is 54.0 Å². The number of carbonyl (C=O) groups excluding carboxylic acids is 1.